The largest absolute Gasteiger partial charge is 0.317 e. The first-order chi connectivity index (χ1) is 9.59. The predicted octanol–water partition coefficient (Wildman–Crippen LogP) is 0.573. The van der Waals surface area contributed by atoms with E-state index in [0.29, 0.717) is 17.5 Å². The first kappa shape index (κ1) is 14.0. The number of hydrogen-bond donors (Lipinski definition) is 1. The highest BCUT2D eigenvalue weighted by Gasteiger charge is 2.40. The summed E-state index contributed by atoms with van der Waals surface area (Å²) in [7, 11) is -1.73. The third-order valence-corrected chi connectivity index (χ3v) is 6.19. The Morgan fingerprint density at radius 2 is 2.05 bits per heavy atom. The fourth-order valence-corrected chi connectivity index (χ4v) is 4.72. The molecule has 20 heavy (non-hydrogen) atoms. The quantitative estimate of drug-likeness (QED) is 0.863. The number of nitrogens with zero attached hydrogens (tertiary/aromatic N) is 3. The molecule has 1 saturated heterocycles. The SMILES string of the molecule is Cn1nccc1S(=O)(=O)N(CC1CCNCC1)C1CC1. The molecule has 112 valence electrons. The average molecular weight is 298 g/mol. The molecule has 1 aromatic rings. The maximum Gasteiger partial charge on any atom is 0.260 e. The Hall–Kier alpha value is -0.920. The maximum absolute atomic E-state index is 12.8. The van der Waals surface area contributed by atoms with Crippen LogP contribution in [0.3, 0.4) is 0 Å². The highest BCUT2D eigenvalue weighted by Crippen LogP contribution is 2.33. The van der Waals surface area contributed by atoms with Crippen molar-refractivity contribution in [2.45, 2.75) is 36.8 Å². The van der Waals surface area contributed by atoms with Crippen LogP contribution in [0.25, 0.3) is 0 Å². The molecule has 1 saturated carbocycles. The Morgan fingerprint density at radius 3 is 2.60 bits per heavy atom. The Morgan fingerprint density at radius 1 is 1.35 bits per heavy atom. The maximum atomic E-state index is 12.8. The van der Waals surface area contributed by atoms with Crippen LogP contribution < -0.4 is 5.32 Å². The summed E-state index contributed by atoms with van der Waals surface area (Å²) in [4.78, 5) is 0. The number of aromatic nitrogens is 2. The third-order valence-electron chi connectivity index (χ3n) is 4.20. The summed E-state index contributed by atoms with van der Waals surface area (Å²) in [5.41, 5.74) is 0. The molecule has 2 fully saturated rings. The number of nitrogens with one attached hydrogen (secondary N) is 1. The van der Waals surface area contributed by atoms with Crippen LogP contribution in [-0.2, 0) is 17.1 Å². The third kappa shape index (κ3) is 2.75. The lowest BCUT2D eigenvalue weighted by molar-refractivity contribution is 0.282. The second-order valence-electron chi connectivity index (χ2n) is 5.79. The molecule has 1 aliphatic carbocycles. The zero-order valence-electron chi connectivity index (χ0n) is 11.8. The molecule has 1 aliphatic heterocycles. The van der Waals surface area contributed by atoms with Gasteiger partial charge in [0.25, 0.3) is 10.0 Å². The van der Waals surface area contributed by atoms with Gasteiger partial charge in [0.05, 0.1) is 6.20 Å². The number of aryl methyl sites for hydroxylation is 1. The fourth-order valence-electron chi connectivity index (χ4n) is 2.86. The van der Waals surface area contributed by atoms with Crippen LogP contribution in [0.2, 0.25) is 0 Å². The Bertz CT molecular complexity index is 559. The van der Waals surface area contributed by atoms with E-state index in [1.807, 2.05) is 0 Å². The highest BCUT2D eigenvalue weighted by molar-refractivity contribution is 7.89. The lowest BCUT2D eigenvalue weighted by Gasteiger charge is -2.29. The van der Waals surface area contributed by atoms with Crippen molar-refractivity contribution in [1.82, 2.24) is 19.4 Å². The molecule has 2 heterocycles. The summed E-state index contributed by atoms with van der Waals surface area (Å²) >= 11 is 0. The van der Waals surface area contributed by atoms with Crippen molar-refractivity contribution in [3.63, 3.8) is 0 Å². The zero-order chi connectivity index (χ0) is 14.2. The van der Waals surface area contributed by atoms with Crippen LogP contribution in [0.15, 0.2) is 17.3 Å². The lowest BCUT2D eigenvalue weighted by Crippen LogP contribution is -2.41. The van der Waals surface area contributed by atoms with E-state index in [1.165, 1.54) is 4.68 Å². The smallest absolute Gasteiger partial charge is 0.260 e. The highest BCUT2D eigenvalue weighted by atomic mass is 32.2. The van der Waals surface area contributed by atoms with Gasteiger partial charge in [0.1, 0.15) is 0 Å². The van der Waals surface area contributed by atoms with E-state index >= 15 is 0 Å². The molecule has 0 unspecified atom stereocenters. The van der Waals surface area contributed by atoms with Gasteiger partial charge in [0.15, 0.2) is 5.03 Å². The standard InChI is InChI=1S/C13H22N4O2S/c1-16-13(6-9-15-16)20(18,19)17(12-2-3-12)10-11-4-7-14-8-5-11/h6,9,11-12,14H,2-5,7-8,10H2,1H3. The monoisotopic (exact) mass is 298 g/mol. The van der Waals surface area contributed by atoms with Crippen molar-refractivity contribution in [3.05, 3.63) is 12.3 Å². The summed E-state index contributed by atoms with van der Waals surface area (Å²) in [6, 6.07) is 1.79. The molecular formula is C13H22N4O2S. The van der Waals surface area contributed by atoms with Gasteiger partial charge in [0.2, 0.25) is 0 Å². The van der Waals surface area contributed by atoms with Crippen LogP contribution in [0.4, 0.5) is 0 Å². The topological polar surface area (TPSA) is 67.2 Å². The Balaban J connectivity index is 1.81. The van der Waals surface area contributed by atoms with Gasteiger partial charge in [-0.05, 0) is 50.8 Å². The number of sulfonamides is 1. The van der Waals surface area contributed by atoms with Gasteiger partial charge in [-0.3, -0.25) is 4.68 Å². The molecule has 0 aromatic carbocycles. The van der Waals surface area contributed by atoms with Gasteiger partial charge >= 0.3 is 0 Å². The zero-order valence-corrected chi connectivity index (χ0v) is 12.6. The average Bonchev–Trinajstić information content (AvgIpc) is 3.18. The molecule has 0 bridgehead atoms. The summed E-state index contributed by atoms with van der Waals surface area (Å²) in [6.07, 6.45) is 5.64. The van der Waals surface area contributed by atoms with Gasteiger partial charge in [-0.25, -0.2) is 8.42 Å². The molecule has 1 N–H and O–H groups in total. The van der Waals surface area contributed by atoms with Gasteiger partial charge in [-0.1, -0.05) is 0 Å². The molecule has 6 nitrogen and oxygen atoms in total. The number of rotatable bonds is 5. The number of hydrogen-bond acceptors (Lipinski definition) is 4. The number of piperidine rings is 1. The molecule has 0 atom stereocenters. The van der Waals surface area contributed by atoms with E-state index in [9.17, 15) is 8.42 Å². The van der Waals surface area contributed by atoms with E-state index in [1.54, 1.807) is 23.6 Å². The minimum absolute atomic E-state index is 0.199. The lowest BCUT2D eigenvalue weighted by atomic mass is 9.98. The second-order valence-corrected chi connectivity index (χ2v) is 7.63. The molecule has 0 amide bonds. The minimum atomic E-state index is -3.41. The van der Waals surface area contributed by atoms with Crippen molar-refractivity contribution in [1.29, 1.82) is 0 Å². The summed E-state index contributed by atoms with van der Waals surface area (Å²) in [5, 5.41) is 7.62. The van der Waals surface area contributed by atoms with E-state index in [0.717, 1.165) is 38.8 Å². The van der Waals surface area contributed by atoms with Crippen molar-refractivity contribution < 1.29 is 8.42 Å². The van der Waals surface area contributed by atoms with Crippen LogP contribution in [0.1, 0.15) is 25.7 Å². The molecule has 0 spiro atoms. The van der Waals surface area contributed by atoms with Gasteiger partial charge in [-0.2, -0.15) is 9.40 Å². The first-order valence-corrected chi connectivity index (χ1v) is 8.73. The molecule has 3 rings (SSSR count). The van der Waals surface area contributed by atoms with Crippen LogP contribution >= 0.6 is 0 Å². The predicted molar refractivity (Wildman–Crippen MR) is 75.7 cm³/mol. The van der Waals surface area contributed by atoms with Crippen molar-refractivity contribution >= 4 is 10.0 Å². The Kier molecular flexibility index (Phi) is 3.83. The fraction of sp³-hybridized carbons (Fsp3) is 0.769. The van der Waals surface area contributed by atoms with Gasteiger partial charge in [-0.15, -0.1) is 0 Å². The van der Waals surface area contributed by atoms with Crippen molar-refractivity contribution in [2.75, 3.05) is 19.6 Å². The van der Waals surface area contributed by atoms with Crippen LogP contribution in [0, 0.1) is 5.92 Å². The second kappa shape index (κ2) is 5.46. The van der Waals surface area contributed by atoms with Crippen LogP contribution in [0.5, 0.6) is 0 Å². The van der Waals surface area contributed by atoms with E-state index in [2.05, 4.69) is 10.4 Å². The van der Waals surface area contributed by atoms with Crippen molar-refractivity contribution in [2.24, 2.45) is 13.0 Å². The molecule has 0 radical (unpaired) electrons. The van der Waals surface area contributed by atoms with E-state index in [-0.39, 0.29) is 6.04 Å². The summed E-state index contributed by atoms with van der Waals surface area (Å²) < 4.78 is 28.8. The molecule has 1 aromatic heterocycles. The van der Waals surface area contributed by atoms with Crippen LogP contribution in [-0.4, -0.2) is 48.2 Å². The summed E-state index contributed by atoms with van der Waals surface area (Å²) in [6.45, 7) is 2.64. The van der Waals surface area contributed by atoms with Crippen molar-refractivity contribution in [3.8, 4) is 0 Å². The molecule has 2 aliphatic rings. The van der Waals surface area contributed by atoms with Gasteiger partial charge in [0, 0.05) is 19.6 Å². The van der Waals surface area contributed by atoms with E-state index in [4.69, 9.17) is 0 Å². The normalized spacial score (nSPS) is 21.5. The summed E-state index contributed by atoms with van der Waals surface area (Å²) in [5.74, 6) is 0.472. The van der Waals surface area contributed by atoms with E-state index < -0.39 is 10.0 Å². The van der Waals surface area contributed by atoms with Gasteiger partial charge < -0.3 is 5.32 Å². The molecular weight excluding hydrogens is 276 g/mol. The first-order valence-electron chi connectivity index (χ1n) is 7.29. The Labute approximate surface area is 120 Å². The molecule has 7 heteroatoms. The minimum Gasteiger partial charge on any atom is -0.317 e.